The lowest BCUT2D eigenvalue weighted by atomic mass is 9.92. The van der Waals surface area contributed by atoms with Gasteiger partial charge in [0, 0.05) is 19.1 Å². The maximum Gasteiger partial charge on any atom is 0.257 e. The average Bonchev–Trinajstić information content (AvgIpc) is 2.41. The number of nitrogens with zero attached hydrogens (tertiary/aromatic N) is 1. The summed E-state index contributed by atoms with van der Waals surface area (Å²) < 4.78 is 13.9. The van der Waals surface area contributed by atoms with Crippen molar-refractivity contribution < 1.29 is 9.18 Å². The Labute approximate surface area is 117 Å². The van der Waals surface area contributed by atoms with Gasteiger partial charge in [-0.1, -0.05) is 24.6 Å². The molecule has 1 aliphatic heterocycles. The van der Waals surface area contributed by atoms with Crippen molar-refractivity contribution >= 4 is 17.5 Å². The van der Waals surface area contributed by atoms with Crippen molar-refractivity contribution in [1.82, 2.24) is 4.90 Å². The standard InChI is InChI=1S/C14H18ClFN2O/c1-9-5-6-18(10(7-9)8-17)14(19)11-3-2-4-12(15)13(11)16/h2-4,9-10H,5-8,17H2,1H3. The fourth-order valence-corrected chi connectivity index (χ4v) is 2.74. The molecule has 1 heterocycles. The van der Waals surface area contributed by atoms with Gasteiger partial charge in [-0.15, -0.1) is 0 Å². The van der Waals surface area contributed by atoms with Crippen LogP contribution >= 0.6 is 11.6 Å². The summed E-state index contributed by atoms with van der Waals surface area (Å²) in [4.78, 5) is 14.1. The number of benzene rings is 1. The molecule has 0 aromatic heterocycles. The zero-order valence-corrected chi connectivity index (χ0v) is 11.7. The number of hydrogen-bond acceptors (Lipinski definition) is 2. The molecular formula is C14H18ClFN2O. The maximum absolute atomic E-state index is 13.9. The second kappa shape index (κ2) is 5.88. The first kappa shape index (κ1) is 14.3. The number of carbonyl (C=O) groups excluding carboxylic acids is 1. The first-order chi connectivity index (χ1) is 9.04. The van der Waals surface area contributed by atoms with Crippen LogP contribution in [-0.4, -0.2) is 29.9 Å². The molecule has 2 rings (SSSR count). The Morgan fingerprint density at radius 3 is 3.00 bits per heavy atom. The molecule has 1 aliphatic rings. The van der Waals surface area contributed by atoms with E-state index in [2.05, 4.69) is 6.92 Å². The molecule has 0 radical (unpaired) electrons. The number of nitrogens with two attached hydrogens (primary N) is 1. The highest BCUT2D eigenvalue weighted by Crippen LogP contribution is 2.26. The molecule has 0 aliphatic carbocycles. The Morgan fingerprint density at radius 1 is 1.58 bits per heavy atom. The number of hydrogen-bond donors (Lipinski definition) is 1. The normalized spacial score (nSPS) is 23.5. The van der Waals surface area contributed by atoms with Gasteiger partial charge in [0.1, 0.15) is 0 Å². The predicted octanol–water partition coefficient (Wildman–Crippen LogP) is 2.68. The van der Waals surface area contributed by atoms with E-state index in [0.717, 1.165) is 12.8 Å². The van der Waals surface area contributed by atoms with E-state index in [-0.39, 0.29) is 22.5 Å². The molecule has 2 N–H and O–H groups in total. The van der Waals surface area contributed by atoms with Crippen LogP contribution in [0.25, 0.3) is 0 Å². The van der Waals surface area contributed by atoms with E-state index in [0.29, 0.717) is 19.0 Å². The fourth-order valence-electron chi connectivity index (χ4n) is 2.57. The van der Waals surface area contributed by atoms with E-state index in [4.69, 9.17) is 17.3 Å². The third-order valence-corrected chi connectivity index (χ3v) is 3.98. The van der Waals surface area contributed by atoms with Gasteiger partial charge in [0.05, 0.1) is 10.6 Å². The molecule has 1 amide bonds. The molecule has 1 aromatic rings. The van der Waals surface area contributed by atoms with Crippen LogP contribution < -0.4 is 5.73 Å². The van der Waals surface area contributed by atoms with Crippen molar-refractivity contribution in [2.45, 2.75) is 25.8 Å². The van der Waals surface area contributed by atoms with E-state index in [1.165, 1.54) is 12.1 Å². The molecule has 5 heteroatoms. The van der Waals surface area contributed by atoms with Crippen molar-refractivity contribution in [3.63, 3.8) is 0 Å². The molecule has 1 fully saturated rings. The highest BCUT2D eigenvalue weighted by molar-refractivity contribution is 6.31. The van der Waals surface area contributed by atoms with E-state index in [1.807, 2.05) is 0 Å². The molecule has 3 nitrogen and oxygen atoms in total. The Balaban J connectivity index is 2.25. The van der Waals surface area contributed by atoms with Gasteiger partial charge in [-0.3, -0.25) is 4.79 Å². The largest absolute Gasteiger partial charge is 0.334 e. The minimum absolute atomic E-state index is 0.0189. The van der Waals surface area contributed by atoms with Crippen LogP contribution in [0, 0.1) is 11.7 Å². The first-order valence-electron chi connectivity index (χ1n) is 6.49. The number of amides is 1. The van der Waals surface area contributed by atoms with Crippen LogP contribution in [0.1, 0.15) is 30.1 Å². The number of rotatable bonds is 2. The SMILES string of the molecule is CC1CCN(C(=O)c2cccc(Cl)c2F)C(CN)C1. The van der Waals surface area contributed by atoms with Gasteiger partial charge < -0.3 is 10.6 Å². The monoisotopic (exact) mass is 284 g/mol. The summed E-state index contributed by atoms with van der Waals surface area (Å²) in [6.45, 7) is 3.16. The second-order valence-corrected chi connectivity index (χ2v) is 5.53. The van der Waals surface area contributed by atoms with E-state index < -0.39 is 5.82 Å². The molecule has 2 atom stereocenters. The molecule has 0 bridgehead atoms. The summed E-state index contributed by atoms with van der Waals surface area (Å²) in [6, 6.07) is 4.47. The quantitative estimate of drug-likeness (QED) is 0.907. The summed E-state index contributed by atoms with van der Waals surface area (Å²) in [6.07, 6.45) is 1.79. The smallest absolute Gasteiger partial charge is 0.257 e. The Hall–Kier alpha value is -1.13. The molecule has 0 saturated carbocycles. The Kier molecular flexibility index (Phi) is 4.42. The van der Waals surface area contributed by atoms with Crippen LogP contribution in [0.5, 0.6) is 0 Å². The van der Waals surface area contributed by atoms with Gasteiger partial charge in [0.25, 0.3) is 5.91 Å². The summed E-state index contributed by atoms with van der Waals surface area (Å²) in [5, 5.41) is -0.0273. The van der Waals surface area contributed by atoms with Crippen LogP contribution in [0.15, 0.2) is 18.2 Å². The van der Waals surface area contributed by atoms with Crippen LogP contribution in [0.3, 0.4) is 0 Å². The molecule has 104 valence electrons. The number of carbonyl (C=O) groups is 1. The Bertz CT molecular complexity index is 481. The number of likely N-dealkylation sites (tertiary alicyclic amines) is 1. The lowest BCUT2D eigenvalue weighted by Gasteiger charge is -2.38. The van der Waals surface area contributed by atoms with Gasteiger partial charge in [-0.2, -0.15) is 0 Å². The van der Waals surface area contributed by atoms with Gasteiger partial charge in [-0.05, 0) is 30.9 Å². The fraction of sp³-hybridized carbons (Fsp3) is 0.500. The van der Waals surface area contributed by atoms with Crippen LogP contribution in [0.2, 0.25) is 5.02 Å². The average molecular weight is 285 g/mol. The topological polar surface area (TPSA) is 46.3 Å². The second-order valence-electron chi connectivity index (χ2n) is 5.12. The van der Waals surface area contributed by atoms with Crippen LogP contribution in [0.4, 0.5) is 4.39 Å². The van der Waals surface area contributed by atoms with E-state index in [9.17, 15) is 9.18 Å². The van der Waals surface area contributed by atoms with Crippen molar-refractivity contribution in [2.24, 2.45) is 11.7 Å². The highest BCUT2D eigenvalue weighted by atomic mass is 35.5. The summed E-state index contributed by atoms with van der Waals surface area (Å²) in [7, 11) is 0. The van der Waals surface area contributed by atoms with Gasteiger partial charge in [-0.25, -0.2) is 4.39 Å². The molecule has 0 spiro atoms. The minimum Gasteiger partial charge on any atom is -0.334 e. The molecule has 2 unspecified atom stereocenters. The van der Waals surface area contributed by atoms with Gasteiger partial charge >= 0.3 is 0 Å². The van der Waals surface area contributed by atoms with Crippen molar-refractivity contribution in [3.8, 4) is 0 Å². The van der Waals surface area contributed by atoms with Crippen molar-refractivity contribution in [3.05, 3.63) is 34.6 Å². The lowest BCUT2D eigenvalue weighted by Crippen LogP contribution is -2.49. The third-order valence-electron chi connectivity index (χ3n) is 3.69. The summed E-state index contributed by atoms with van der Waals surface area (Å²) in [5.41, 5.74) is 5.75. The first-order valence-corrected chi connectivity index (χ1v) is 6.87. The molecule has 1 saturated heterocycles. The zero-order chi connectivity index (χ0) is 14.0. The predicted molar refractivity (Wildman–Crippen MR) is 73.7 cm³/mol. The number of piperidine rings is 1. The number of halogens is 2. The van der Waals surface area contributed by atoms with Gasteiger partial charge in [0.15, 0.2) is 5.82 Å². The lowest BCUT2D eigenvalue weighted by molar-refractivity contribution is 0.0569. The minimum atomic E-state index is -0.649. The van der Waals surface area contributed by atoms with Gasteiger partial charge in [0.2, 0.25) is 0 Å². The zero-order valence-electron chi connectivity index (χ0n) is 10.9. The van der Waals surface area contributed by atoms with Crippen molar-refractivity contribution in [1.29, 1.82) is 0 Å². The third kappa shape index (κ3) is 2.90. The van der Waals surface area contributed by atoms with E-state index >= 15 is 0 Å². The Morgan fingerprint density at radius 2 is 2.32 bits per heavy atom. The summed E-state index contributed by atoms with van der Waals surface area (Å²) in [5.74, 6) is -0.423. The van der Waals surface area contributed by atoms with Crippen molar-refractivity contribution in [2.75, 3.05) is 13.1 Å². The van der Waals surface area contributed by atoms with E-state index in [1.54, 1.807) is 11.0 Å². The molecule has 19 heavy (non-hydrogen) atoms. The highest BCUT2D eigenvalue weighted by Gasteiger charge is 2.30. The molecule has 1 aromatic carbocycles. The molecular weight excluding hydrogens is 267 g/mol. The van der Waals surface area contributed by atoms with Crippen LogP contribution in [-0.2, 0) is 0 Å². The summed E-state index contributed by atoms with van der Waals surface area (Å²) >= 11 is 5.72. The maximum atomic E-state index is 13.9.